The number of ether oxygens (including phenoxy) is 4. The minimum Gasteiger partial charge on any atom is -0.497 e. The standard InChI is InChI=1S/C31H30N4O7/c1-39-22-12-8-20(9-13-22)31(19-6-4-3-5-7-19,21-10-14-23(40-2)15-11-21)41-16-24-26(36)27(37)30(42-24)35-18-34-25-28(35)32-17-33-29(25)38/h3-15,17-18,24,26-27,30,36-37H,16H2,1-2H3,(H,32,33,38). The van der Waals surface area contributed by atoms with E-state index < -0.39 is 30.1 Å². The van der Waals surface area contributed by atoms with Gasteiger partial charge in [-0.25, -0.2) is 9.97 Å². The zero-order valence-electron chi connectivity index (χ0n) is 22.9. The highest BCUT2D eigenvalue weighted by molar-refractivity contribution is 5.75. The van der Waals surface area contributed by atoms with E-state index in [1.165, 1.54) is 17.2 Å². The lowest BCUT2D eigenvalue weighted by Gasteiger charge is -2.37. The summed E-state index contributed by atoms with van der Waals surface area (Å²) in [6, 6.07) is 24.9. The minimum absolute atomic E-state index is 0.0887. The zero-order chi connectivity index (χ0) is 29.3. The highest BCUT2D eigenvalue weighted by Crippen LogP contribution is 2.43. The Balaban J connectivity index is 1.39. The first kappa shape index (κ1) is 27.6. The van der Waals surface area contributed by atoms with Gasteiger partial charge in [0.25, 0.3) is 0 Å². The Bertz CT molecular complexity index is 1600. The number of aromatic nitrogens is 4. The summed E-state index contributed by atoms with van der Waals surface area (Å²) in [5, 5.41) is 32.2. The number of benzene rings is 3. The first-order valence-electron chi connectivity index (χ1n) is 13.3. The van der Waals surface area contributed by atoms with Crippen molar-refractivity contribution < 1.29 is 34.3 Å². The summed E-state index contributed by atoms with van der Waals surface area (Å²) < 4.78 is 25.3. The van der Waals surface area contributed by atoms with Gasteiger partial charge in [-0.15, -0.1) is 0 Å². The molecule has 3 N–H and O–H groups in total. The number of hydrogen-bond acceptors (Lipinski definition) is 10. The second-order valence-electron chi connectivity index (χ2n) is 9.88. The van der Waals surface area contributed by atoms with Crippen LogP contribution >= 0.6 is 0 Å². The van der Waals surface area contributed by atoms with E-state index in [0.717, 1.165) is 16.7 Å². The van der Waals surface area contributed by atoms with Crippen molar-refractivity contribution in [2.24, 2.45) is 0 Å². The van der Waals surface area contributed by atoms with Gasteiger partial charge in [0.15, 0.2) is 17.4 Å². The van der Waals surface area contributed by atoms with Crippen LogP contribution in [0.3, 0.4) is 0 Å². The fourth-order valence-corrected chi connectivity index (χ4v) is 5.40. The van der Waals surface area contributed by atoms with Crippen LogP contribution in [0.1, 0.15) is 22.9 Å². The summed E-state index contributed by atoms with van der Waals surface area (Å²) in [5.74, 6) is 1.09. The summed E-state index contributed by atoms with van der Waals surface area (Å²) in [5.41, 5.74) is 1.76. The average molecular weight is 571 g/mol. The van der Waals surface area contributed by atoms with Gasteiger partial charge in [-0.3, -0.25) is 4.57 Å². The van der Waals surface area contributed by atoms with Crippen LogP contribution in [0.5, 0.6) is 17.4 Å². The molecule has 5 aromatic rings. The SMILES string of the molecule is COc1ccc(C(OCC2OC(n3cnc4c(O)ncnc43)C(O)C2O)(c2ccccc2)c2ccc(OC)cc2)cc1. The summed E-state index contributed by atoms with van der Waals surface area (Å²) >= 11 is 0. The van der Waals surface area contributed by atoms with E-state index in [9.17, 15) is 15.3 Å². The first-order valence-corrected chi connectivity index (χ1v) is 13.3. The van der Waals surface area contributed by atoms with E-state index in [4.69, 9.17) is 18.9 Å². The second-order valence-corrected chi connectivity index (χ2v) is 9.88. The predicted molar refractivity (Wildman–Crippen MR) is 151 cm³/mol. The molecule has 6 rings (SSSR count). The molecule has 4 unspecified atom stereocenters. The van der Waals surface area contributed by atoms with Gasteiger partial charge in [0.1, 0.15) is 41.7 Å². The molecular formula is C31H30N4O7. The summed E-state index contributed by atoms with van der Waals surface area (Å²) in [6.45, 7) is -0.0887. The fourth-order valence-electron chi connectivity index (χ4n) is 5.40. The van der Waals surface area contributed by atoms with E-state index in [-0.39, 0.29) is 23.7 Å². The monoisotopic (exact) mass is 570 g/mol. The third-order valence-corrected chi connectivity index (χ3v) is 7.59. The van der Waals surface area contributed by atoms with Gasteiger partial charge in [-0.2, -0.15) is 4.98 Å². The number of hydrogen-bond donors (Lipinski definition) is 3. The smallest absolute Gasteiger partial charge is 0.242 e. The Morgan fingerprint density at radius 3 is 1.98 bits per heavy atom. The molecule has 0 saturated carbocycles. The third-order valence-electron chi connectivity index (χ3n) is 7.59. The van der Waals surface area contributed by atoms with Crippen LogP contribution in [-0.2, 0) is 15.1 Å². The number of fused-ring (bicyclic) bond motifs is 1. The molecule has 4 atom stereocenters. The molecule has 1 aliphatic rings. The lowest BCUT2D eigenvalue weighted by atomic mass is 9.80. The van der Waals surface area contributed by atoms with Crippen LogP contribution in [-0.4, -0.2) is 74.0 Å². The lowest BCUT2D eigenvalue weighted by molar-refractivity contribution is -0.0942. The van der Waals surface area contributed by atoms with Gasteiger partial charge in [0, 0.05) is 0 Å². The lowest BCUT2D eigenvalue weighted by Crippen LogP contribution is -2.39. The second kappa shape index (κ2) is 11.4. The number of methoxy groups -OCH3 is 2. The number of nitrogens with zero attached hydrogens (tertiary/aromatic N) is 4. The summed E-state index contributed by atoms with van der Waals surface area (Å²) in [7, 11) is 3.22. The van der Waals surface area contributed by atoms with Crippen LogP contribution < -0.4 is 9.47 Å². The Kier molecular flexibility index (Phi) is 7.48. The topological polar surface area (TPSA) is 141 Å². The van der Waals surface area contributed by atoms with Crippen molar-refractivity contribution in [3.8, 4) is 17.4 Å². The molecule has 1 aliphatic heterocycles. The molecule has 0 bridgehead atoms. The highest BCUT2D eigenvalue weighted by Gasteiger charge is 2.47. The van der Waals surface area contributed by atoms with Crippen molar-refractivity contribution in [3.05, 3.63) is 108 Å². The largest absolute Gasteiger partial charge is 0.497 e. The van der Waals surface area contributed by atoms with E-state index in [1.54, 1.807) is 14.2 Å². The Morgan fingerprint density at radius 1 is 0.786 bits per heavy atom. The minimum atomic E-state index is -1.32. The quantitative estimate of drug-likeness (QED) is 0.226. The van der Waals surface area contributed by atoms with Crippen LogP contribution in [0.2, 0.25) is 0 Å². The molecule has 0 amide bonds. The van der Waals surface area contributed by atoms with Gasteiger partial charge in [0.2, 0.25) is 5.88 Å². The van der Waals surface area contributed by atoms with Crippen LogP contribution in [0.4, 0.5) is 0 Å². The Hall–Kier alpha value is -4.55. The Morgan fingerprint density at radius 2 is 1.38 bits per heavy atom. The highest BCUT2D eigenvalue weighted by atomic mass is 16.6. The van der Waals surface area contributed by atoms with Gasteiger partial charge in [-0.1, -0.05) is 54.6 Å². The van der Waals surface area contributed by atoms with Crippen LogP contribution in [0, 0.1) is 0 Å². The third kappa shape index (κ3) is 4.72. The van der Waals surface area contributed by atoms with Gasteiger partial charge < -0.3 is 34.3 Å². The molecular weight excluding hydrogens is 540 g/mol. The number of imidazole rings is 1. The van der Waals surface area contributed by atoms with Crippen molar-refractivity contribution in [3.63, 3.8) is 0 Å². The molecule has 3 heterocycles. The Labute approximate surface area is 241 Å². The molecule has 2 aromatic heterocycles. The van der Waals surface area contributed by atoms with Gasteiger partial charge in [-0.05, 0) is 41.0 Å². The molecule has 216 valence electrons. The van der Waals surface area contributed by atoms with E-state index in [1.807, 2.05) is 78.9 Å². The fraction of sp³-hybridized carbons (Fsp3) is 0.258. The number of rotatable bonds is 9. The van der Waals surface area contributed by atoms with Crippen molar-refractivity contribution in [2.75, 3.05) is 20.8 Å². The van der Waals surface area contributed by atoms with Crippen molar-refractivity contribution in [1.82, 2.24) is 19.5 Å². The summed E-state index contributed by atoms with van der Waals surface area (Å²) in [4.78, 5) is 12.1. The summed E-state index contributed by atoms with van der Waals surface area (Å²) in [6.07, 6.45) is -1.99. The maximum Gasteiger partial charge on any atom is 0.242 e. The molecule has 42 heavy (non-hydrogen) atoms. The molecule has 0 radical (unpaired) electrons. The van der Waals surface area contributed by atoms with Gasteiger partial charge >= 0.3 is 0 Å². The normalized spacial score (nSPS) is 20.6. The van der Waals surface area contributed by atoms with Crippen molar-refractivity contribution >= 4 is 11.2 Å². The number of aliphatic hydroxyl groups excluding tert-OH is 2. The van der Waals surface area contributed by atoms with E-state index >= 15 is 0 Å². The molecule has 11 nitrogen and oxygen atoms in total. The number of aliphatic hydroxyl groups is 2. The maximum atomic E-state index is 11.1. The van der Waals surface area contributed by atoms with Gasteiger partial charge in [0.05, 0.1) is 27.2 Å². The molecule has 1 fully saturated rings. The van der Waals surface area contributed by atoms with Crippen LogP contribution in [0.15, 0.2) is 91.5 Å². The van der Waals surface area contributed by atoms with E-state index in [2.05, 4.69) is 15.0 Å². The van der Waals surface area contributed by atoms with E-state index in [0.29, 0.717) is 11.5 Å². The average Bonchev–Trinajstić information content (AvgIpc) is 3.59. The van der Waals surface area contributed by atoms with Crippen molar-refractivity contribution in [2.45, 2.75) is 30.1 Å². The molecule has 3 aromatic carbocycles. The van der Waals surface area contributed by atoms with Crippen LogP contribution in [0.25, 0.3) is 11.2 Å². The molecule has 0 spiro atoms. The molecule has 11 heteroatoms. The number of aromatic hydroxyl groups is 1. The zero-order valence-corrected chi connectivity index (χ0v) is 22.9. The predicted octanol–water partition coefficient (Wildman–Crippen LogP) is 3.18. The first-order chi connectivity index (χ1) is 20.5. The maximum absolute atomic E-state index is 11.1. The van der Waals surface area contributed by atoms with Crippen molar-refractivity contribution in [1.29, 1.82) is 0 Å². The molecule has 1 saturated heterocycles. The molecule has 0 aliphatic carbocycles.